The van der Waals surface area contributed by atoms with Crippen molar-refractivity contribution in [3.63, 3.8) is 0 Å². The van der Waals surface area contributed by atoms with Crippen LogP contribution < -0.4 is 4.74 Å². The normalized spacial score (nSPS) is 11.6. The van der Waals surface area contributed by atoms with Crippen LogP contribution in [0.15, 0.2) is 48.0 Å². The Hall–Kier alpha value is -2.19. The van der Waals surface area contributed by atoms with Gasteiger partial charge >= 0.3 is 0 Å². The minimum Gasteiger partial charge on any atom is -0.497 e. The molecular weight excluding hydrogens is 304 g/mol. The molecule has 0 aliphatic heterocycles. The largest absolute Gasteiger partial charge is 0.497 e. The van der Waals surface area contributed by atoms with E-state index in [1.165, 1.54) is 34.4 Å². The summed E-state index contributed by atoms with van der Waals surface area (Å²) in [5.74, 6) is 0.600. The Kier molecular flexibility index (Phi) is 4.94. The molecule has 0 N–H and O–H groups in total. The first-order valence-electron chi connectivity index (χ1n) is 6.57. The Balaban J connectivity index is 2.29. The first-order valence-corrected chi connectivity index (χ1v) is 8.01. The maximum absolute atomic E-state index is 12.7. The highest BCUT2D eigenvalue weighted by Crippen LogP contribution is 2.20. The van der Waals surface area contributed by atoms with Crippen LogP contribution in [0.25, 0.3) is 0 Å². The number of aryl methyl sites for hydroxylation is 1. The fourth-order valence-electron chi connectivity index (χ4n) is 1.93. The van der Waals surface area contributed by atoms with E-state index in [0.29, 0.717) is 11.4 Å². The average Bonchev–Trinajstić information content (AvgIpc) is 2.92. The van der Waals surface area contributed by atoms with Crippen LogP contribution in [0.5, 0.6) is 5.75 Å². The lowest BCUT2D eigenvalue weighted by Gasteiger charge is -2.19. The lowest BCUT2D eigenvalue weighted by molar-refractivity contribution is 0.413. The van der Waals surface area contributed by atoms with Crippen molar-refractivity contribution in [2.45, 2.75) is 11.4 Å². The van der Waals surface area contributed by atoms with E-state index in [-0.39, 0.29) is 18.0 Å². The summed E-state index contributed by atoms with van der Waals surface area (Å²) in [6.45, 7) is 3.93. The van der Waals surface area contributed by atoms with Crippen LogP contribution in [0, 0.1) is 0 Å². The van der Waals surface area contributed by atoms with Crippen LogP contribution in [0.1, 0.15) is 5.69 Å². The molecule has 0 atom stereocenters. The van der Waals surface area contributed by atoms with Crippen molar-refractivity contribution in [1.82, 2.24) is 19.3 Å². The van der Waals surface area contributed by atoms with Gasteiger partial charge in [-0.15, -0.1) is 6.58 Å². The lowest BCUT2D eigenvalue weighted by Crippen LogP contribution is -2.31. The average molecular weight is 322 g/mol. The number of rotatable bonds is 7. The molecule has 8 heteroatoms. The zero-order valence-electron chi connectivity index (χ0n) is 12.5. The minimum atomic E-state index is -3.65. The van der Waals surface area contributed by atoms with E-state index >= 15 is 0 Å². The van der Waals surface area contributed by atoms with E-state index in [1.807, 2.05) is 0 Å². The van der Waals surface area contributed by atoms with E-state index in [1.54, 1.807) is 25.4 Å². The Morgan fingerprint density at radius 1 is 1.36 bits per heavy atom. The second kappa shape index (κ2) is 6.71. The fourth-order valence-corrected chi connectivity index (χ4v) is 3.31. The van der Waals surface area contributed by atoms with Gasteiger partial charge in [0.05, 0.1) is 30.4 Å². The van der Waals surface area contributed by atoms with Crippen LogP contribution in [-0.2, 0) is 23.6 Å². The van der Waals surface area contributed by atoms with Gasteiger partial charge in [0.2, 0.25) is 10.0 Å². The summed E-state index contributed by atoms with van der Waals surface area (Å²) < 4.78 is 31.8. The number of hydrogen-bond donors (Lipinski definition) is 0. The molecule has 1 aromatic heterocycles. The molecule has 0 aliphatic carbocycles. The van der Waals surface area contributed by atoms with Gasteiger partial charge in [0, 0.05) is 13.6 Å². The summed E-state index contributed by atoms with van der Waals surface area (Å²) in [6.07, 6.45) is 3.08. The first kappa shape index (κ1) is 16.2. The number of aromatic nitrogens is 3. The molecule has 0 radical (unpaired) electrons. The van der Waals surface area contributed by atoms with E-state index in [4.69, 9.17) is 4.74 Å². The monoisotopic (exact) mass is 322 g/mol. The topological polar surface area (TPSA) is 77.3 Å². The zero-order chi connectivity index (χ0) is 16.2. The molecule has 0 fully saturated rings. The van der Waals surface area contributed by atoms with Crippen molar-refractivity contribution in [1.29, 1.82) is 0 Å². The minimum absolute atomic E-state index is 0.133. The van der Waals surface area contributed by atoms with Crippen molar-refractivity contribution in [3.8, 4) is 5.75 Å². The molecule has 0 unspecified atom stereocenters. The summed E-state index contributed by atoms with van der Waals surface area (Å²) >= 11 is 0. The maximum atomic E-state index is 12.7. The first-order chi connectivity index (χ1) is 10.5. The predicted octanol–water partition coefficient (Wildman–Crippen LogP) is 1.20. The van der Waals surface area contributed by atoms with Crippen molar-refractivity contribution in [2.24, 2.45) is 7.05 Å². The number of ether oxygens (including phenoxy) is 1. The summed E-state index contributed by atoms with van der Waals surface area (Å²) in [5, 5.41) is 8.06. The van der Waals surface area contributed by atoms with Crippen molar-refractivity contribution >= 4 is 10.0 Å². The second-order valence-electron chi connectivity index (χ2n) is 4.59. The lowest BCUT2D eigenvalue weighted by atomic mass is 10.3. The van der Waals surface area contributed by atoms with Gasteiger partial charge in [0.1, 0.15) is 5.75 Å². The third-order valence-corrected chi connectivity index (χ3v) is 4.84. The fraction of sp³-hybridized carbons (Fsp3) is 0.286. The smallest absolute Gasteiger partial charge is 0.243 e. The molecule has 0 aliphatic rings. The molecule has 0 bridgehead atoms. The van der Waals surface area contributed by atoms with Crippen LogP contribution in [-0.4, -0.2) is 41.4 Å². The summed E-state index contributed by atoms with van der Waals surface area (Å²) in [6, 6.07) is 6.25. The molecule has 2 aromatic rings. The van der Waals surface area contributed by atoms with Crippen LogP contribution in [0.2, 0.25) is 0 Å². The van der Waals surface area contributed by atoms with E-state index < -0.39 is 10.0 Å². The van der Waals surface area contributed by atoms with Gasteiger partial charge in [-0.1, -0.05) is 6.08 Å². The SMILES string of the molecule is C=CCN(Cc1cnn(C)n1)S(=O)(=O)c1ccc(OC)cc1. The van der Waals surface area contributed by atoms with Gasteiger partial charge in [-0.25, -0.2) is 8.42 Å². The zero-order valence-corrected chi connectivity index (χ0v) is 13.3. The Labute approximate surface area is 129 Å². The Morgan fingerprint density at radius 2 is 2.05 bits per heavy atom. The number of sulfonamides is 1. The summed E-state index contributed by atoms with van der Waals surface area (Å²) in [7, 11) is -0.438. The molecule has 0 amide bonds. The molecule has 1 heterocycles. The number of benzene rings is 1. The van der Waals surface area contributed by atoms with Crippen molar-refractivity contribution < 1.29 is 13.2 Å². The van der Waals surface area contributed by atoms with E-state index in [2.05, 4.69) is 16.8 Å². The van der Waals surface area contributed by atoms with E-state index in [9.17, 15) is 8.42 Å². The highest BCUT2D eigenvalue weighted by molar-refractivity contribution is 7.89. The van der Waals surface area contributed by atoms with Gasteiger partial charge < -0.3 is 4.74 Å². The molecule has 2 rings (SSSR count). The van der Waals surface area contributed by atoms with Gasteiger partial charge in [-0.05, 0) is 24.3 Å². The van der Waals surface area contributed by atoms with Crippen molar-refractivity contribution in [2.75, 3.05) is 13.7 Å². The standard InChI is InChI=1S/C14H18N4O3S/c1-4-9-18(11-12-10-15-17(2)16-12)22(19,20)14-7-5-13(21-3)6-8-14/h4-8,10H,1,9,11H2,2-3H3. The molecule has 0 saturated carbocycles. The Morgan fingerprint density at radius 3 is 2.55 bits per heavy atom. The van der Waals surface area contributed by atoms with E-state index in [0.717, 1.165) is 0 Å². The molecule has 22 heavy (non-hydrogen) atoms. The molecule has 7 nitrogen and oxygen atoms in total. The maximum Gasteiger partial charge on any atom is 0.243 e. The Bertz CT molecular complexity index is 738. The van der Waals surface area contributed by atoms with Crippen LogP contribution in [0.3, 0.4) is 0 Å². The molecule has 1 aromatic carbocycles. The van der Waals surface area contributed by atoms with Gasteiger partial charge in [-0.2, -0.15) is 19.3 Å². The number of nitrogens with zero attached hydrogens (tertiary/aromatic N) is 4. The highest BCUT2D eigenvalue weighted by atomic mass is 32.2. The van der Waals surface area contributed by atoms with Gasteiger partial charge in [0.25, 0.3) is 0 Å². The molecule has 0 spiro atoms. The number of methoxy groups -OCH3 is 1. The molecule has 118 valence electrons. The van der Waals surface area contributed by atoms with Gasteiger partial charge in [-0.3, -0.25) is 0 Å². The van der Waals surface area contributed by atoms with Crippen molar-refractivity contribution in [3.05, 3.63) is 48.8 Å². The summed E-state index contributed by atoms with van der Waals surface area (Å²) in [4.78, 5) is 1.58. The van der Waals surface area contributed by atoms with Gasteiger partial charge in [0.15, 0.2) is 0 Å². The highest BCUT2D eigenvalue weighted by Gasteiger charge is 2.24. The number of hydrogen-bond acceptors (Lipinski definition) is 5. The second-order valence-corrected chi connectivity index (χ2v) is 6.53. The van der Waals surface area contributed by atoms with Crippen LogP contribution >= 0.6 is 0 Å². The van der Waals surface area contributed by atoms with Crippen LogP contribution in [0.4, 0.5) is 0 Å². The molecular formula is C14H18N4O3S. The molecule has 0 saturated heterocycles. The quantitative estimate of drug-likeness (QED) is 0.716. The summed E-state index contributed by atoms with van der Waals surface area (Å²) in [5.41, 5.74) is 0.571. The third-order valence-electron chi connectivity index (χ3n) is 3.02. The third kappa shape index (κ3) is 3.52. The predicted molar refractivity (Wildman–Crippen MR) is 81.8 cm³/mol.